The quantitative estimate of drug-likeness (QED) is 0.738. The zero-order valence-electron chi connectivity index (χ0n) is 19.8. The number of ether oxygens (including phenoxy) is 1. The molecule has 1 aromatic heterocycles. The van der Waals surface area contributed by atoms with Gasteiger partial charge in [0.25, 0.3) is 5.91 Å². The molecule has 1 fully saturated rings. The third kappa shape index (κ3) is 5.57. The number of likely N-dealkylation sites (tertiary alicyclic amines) is 1. The Hall–Kier alpha value is -2.83. The summed E-state index contributed by atoms with van der Waals surface area (Å²) in [6, 6.07) is 9.91. The number of benzene rings is 1. The van der Waals surface area contributed by atoms with Crippen LogP contribution in [0.3, 0.4) is 0 Å². The molecule has 3 heterocycles. The Morgan fingerprint density at radius 1 is 1.18 bits per heavy atom. The lowest BCUT2D eigenvalue weighted by molar-refractivity contribution is -0.135. The molecule has 7 nitrogen and oxygen atoms in total. The number of aromatic amines is 1. The molecule has 33 heavy (non-hydrogen) atoms. The van der Waals surface area contributed by atoms with E-state index in [0.717, 1.165) is 37.9 Å². The normalized spacial score (nSPS) is 21.5. The number of fused-ring (bicyclic) bond motifs is 1. The number of nitrogens with zero attached hydrogens (tertiary/aromatic N) is 2. The van der Waals surface area contributed by atoms with E-state index in [1.807, 2.05) is 17.0 Å². The van der Waals surface area contributed by atoms with E-state index in [4.69, 9.17) is 4.74 Å². The van der Waals surface area contributed by atoms with Gasteiger partial charge in [-0.15, -0.1) is 0 Å². The molecule has 2 aliphatic rings. The monoisotopic (exact) mass is 452 g/mol. The number of aromatic nitrogens is 2. The summed E-state index contributed by atoms with van der Waals surface area (Å²) in [7, 11) is 0. The van der Waals surface area contributed by atoms with Gasteiger partial charge >= 0.3 is 0 Å². The summed E-state index contributed by atoms with van der Waals surface area (Å²) in [5.41, 5.74) is 1.31. The van der Waals surface area contributed by atoms with Gasteiger partial charge < -0.3 is 15.0 Å². The van der Waals surface area contributed by atoms with Gasteiger partial charge in [0, 0.05) is 19.3 Å². The van der Waals surface area contributed by atoms with Crippen molar-refractivity contribution in [3.8, 4) is 5.75 Å². The first-order valence-corrected chi connectivity index (χ1v) is 12.3. The number of para-hydroxylation sites is 1. The van der Waals surface area contributed by atoms with Crippen molar-refractivity contribution < 1.29 is 14.3 Å². The van der Waals surface area contributed by atoms with Crippen LogP contribution in [0, 0.1) is 11.3 Å². The first-order chi connectivity index (χ1) is 16.0. The molecule has 2 aliphatic heterocycles. The second-order valence-corrected chi connectivity index (χ2v) is 9.97. The topological polar surface area (TPSA) is 87.3 Å². The molecule has 2 amide bonds. The highest BCUT2D eigenvalue weighted by Crippen LogP contribution is 2.38. The van der Waals surface area contributed by atoms with Crippen molar-refractivity contribution >= 4 is 11.8 Å². The Balaban J connectivity index is 1.50. The molecular weight excluding hydrogens is 416 g/mol. The number of aryl methyl sites for hydroxylation is 1. The fourth-order valence-electron chi connectivity index (χ4n) is 5.17. The minimum atomic E-state index is -0.432. The first kappa shape index (κ1) is 23.3. The molecule has 2 N–H and O–H groups in total. The molecule has 0 unspecified atom stereocenters. The van der Waals surface area contributed by atoms with Gasteiger partial charge in [-0.25, -0.2) is 0 Å². The van der Waals surface area contributed by atoms with Crippen molar-refractivity contribution in [1.82, 2.24) is 20.4 Å². The van der Waals surface area contributed by atoms with Crippen LogP contribution in [0.15, 0.2) is 36.5 Å². The number of rotatable bonds is 3. The Kier molecular flexibility index (Phi) is 7.36. The maximum atomic E-state index is 13.7. The average Bonchev–Trinajstić information content (AvgIpc) is 3.35. The van der Waals surface area contributed by atoms with Gasteiger partial charge in [-0.3, -0.25) is 14.7 Å². The highest BCUT2D eigenvalue weighted by atomic mass is 16.5. The molecule has 1 aromatic carbocycles. The highest BCUT2D eigenvalue weighted by Gasteiger charge is 2.42. The number of hydrogen-bond acceptors (Lipinski definition) is 4. The molecule has 0 radical (unpaired) electrons. The fourth-order valence-corrected chi connectivity index (χ4v) is 5.17. The number of carbonyl (C=O) groups is 2. The van der Waals surface area contributed by atoms with Crippen molar-refractivity contribution in [3.63, 3.8) is 0 Å². The summed E-state index contributed by atoms with van der Waals surface area (Å²) in [6.07, 6.45) is 7.62. The predicted octanol–water partition coefficient (Wildman–Crippen LogP) is 3.97. The van der Waals surface area contributed by atoms with Gasteiger partial charge in [0.1, 0.15) is 18.1 Å². The second-order valence-electron chi connectivity index (χ2n) is 9.97. The molecule has 2 aromatic rings. The van der Waals surface area contributed by atoms with Crippen molar-refractivity contribution in [1.29, 1.82) is 0 Å². The summed E-state index contributed by atoms with van der Waals surface area (Å²) in [5.74, 6) is 1.46. The lowest BCUT2D eigenvalue weighted by atomic mass is 9.73. The molecule has 1 atom stereocenters. The summed E-state index contributed by atoms with van der Waals surface area (Å²) < 4.78 is 6.21. The van der Waals surface area contributed by atoms with Crippen molar-refractivity contribution in [2.24, 2.45) is 11.3 Å². The third-order valence-electron chi connectivity index (χ3n) is 7.08. The van der Waals surface area contributed by atoms with Crippen LogP contribution in [-0.4, -0.2) is 52.6 Å². The smallest absolute Gasteiger partial charge is 0.271 e. The van der Waals surface area contributed by atoms with E-state index in [0.29, 0.717) is 44.1 Å². The van der Waals surface area contributed by atoms with Crippen LogP contribution in [0.5, 0.6) is 5.75 Å². The zero-order valence-corrected chi connectivity index (χ0v) is 19.8. The summed E-state index contributed by atoms with van der Waals surface area (Å²) in [5, 5.41) is 10.00. The van der Waals surface area contributed by atoms with Gasteiger partial charge in [-0.2, -0.15) is 5.10 Å². The number of H-pyrrole nitrogens is 1. The minimum Gasteiger partial charge on any atom is -0.491 e. The zero-order chi connectivity index (χ0) is 23.3. The second kappa shape index (κ2) is 10.4. The lowest BCUT2D eigenvalue weighted by Gasteiger charge is -2.41. The SMILES string of the molecule is CC(C)C[C@H]1COc2ccccc2CCCCC2(CCN(C(=O)c3ccn[nH]3)CC2)C(=O)N1. The minimum absolute atomic E-state index is 0.0356. The van der Waals surface area contributed by atoms with Gasteiger partial charge in [0.05, 0.1) is 11.5 Å². The van der Waals surface area contributed by atoms with E-state index >= 15 is 0 Å². The van der Waals surface area contributed by atoms with Crippen LogP contribution in [0.2, 0.25) is 0 Å². The number of nitrogens with one attached hydrogen (secondary N) is 2. The predicted molar refractivity (Wildman–Crippen MR) is 127 cm³/mol. The van der Waals surface area contributed by atoms with E-state index in [2.05, 4.69) is 41.5 Å². The Bertz CT molecular complexity index is 933. The van der Waals surface area contributed by atoms with E-state index in [9.17, 15) is 9.59 Å². The van der Waals surface area contributed by atoms with Crippen LogP contribution in [0.1, 0.15) is 68.4 Å². The summed E-state index contributed by atoms with van der Waals surface area (Å²) in [4.78, 5) is 28.3. The Morgan fingerprint density at radius 3 is 2.70 bits per heavy atom. The molecular formula is C26H36N4O3. The molecule has 178 valence electrons. The van der Waals surface area contributed by atoms with Gasteiger partial charge in [0.15, 0.2) is 0 Å². The van der Waals surface area contributed by atoms with Crippen molar-refractivity contribution in [2.75, 3.05) is 19.7 Å². The molecule has 7 heteroatoms. The largest absolute Gasteiger partial charge is 0.491 e. The Labute approximate surface area is 196 Å². The molecule has 0 bridgehead atoms. The van der Waals surface area contributed by atoms with E-state index in [-0.39, 0.29) is 17.9 Å². The molecule has 0 saturated carbocycles. The van der Waals surface area contributed by atoms with Gasteiger partial charge in [-0.05, 0) is 62.1 Å². The highest BCUT2D eigenvalue weighted by molar-refractivity contribution is 5.92. The molecule has 0 aliphatic carbocycles. The van der Waals surface area contributed by atoms with Crippen LogP contribution in [-0.2, 0) is 11.2 Å². The van der Waals surface area contributed by atoms with Crippen LogP contribution < -0.4 is 10.1 Å². The average molecular weight is 453 g/mol. The molecule has 1 spiro atoms. The van der Waals surface area contributed by atoms with Crippen molar-refractivity contribution in [3.05, 3.63) is 47.8 Å². The van der Waals surface area contributed by atoms with Crippen molar-refractivity contribution in [2.45, 2.75) is 64.8 Å². The maximum Gasteiger partial charge on any atom is 0.271 e. The number of amides is 2. The van der Waals surface area contributed by atoms with E-state index in [1.165, 1.54) is 5.56 Å². The first-order valence-electron chi connectivity index (χ1n) is 12.3. The lowest BCUT2D eigenvalue weighted by Crippen LogP contribution is -2.53. The standard InChI is InChI=1S/C26H36N4O3/c1-19(2)17-21-18-33-23-9-4-3-7-20(23)8-5-6-11-26(25(32)28-21)12-15-30(16-13-26)24(31)22-10-14-27-29-22/h3-4,7,9-10,14,19,21H,5-6,8,11-13,15-18H2,1-2H3,(H,27,29)(H,28,32)/t21-/m0/s1. The number of piperidine rings is 1. The molecule has 4 rings (SSSR count). The van der Waals surface area contributed by atoms with Gasteiger partial charge in [0.2, 0.25) is 5.91 Å². The number of hydrogen-bond donors (Lipinski definition) is 2. The third-order valence-corrected chi connectivity index (χ3v) is 7.08. The summed E-state index contributed by atoms with van der Waals surface area (Å²) >= 11 is 0. The molecule has 1 saturated heterocycles. The maximum absolute atomic E-state index is 13.7. The van der Waals surface area contributed by atoms with Crippen LogP contribution in [0.25, 0.3) is 0 Å². The Morgan fingerprint density at radius 2 is 1.97 bits per heavy atom. The van der Waals surface area contributed by atoms with Crippen LogP contribution in [0.4, 0.5) is 0 Å². The van der Waals surface area contributed by atoms with E-state index < -0.39 is 5.41 Å². The summed E-state index contributed by atoms with van der Waals surface area (Å²) in [6.45, 7) is 5.98. The van der Waals surface area contributed by atoms with Gasteiger partial charge in [-0.1, -0.05) is 38.5 Å². The fraction of sp³-hybridized carbons (Fsp3) is 0.577. The van der Waals surface area contributed by atoms with Crippen LogP contribution >= 0.6 is 0 Å². The number of carbonyl (C=O) groups excluding carboxylic acids is 2. The van der Waals surface area contributed by atoms with E-state index in [1.54, 1.807) is 12.3 Å².